The Morgan fingerprint density at radius 1 is 1.12 bits per heavy atom. The van der Waals surface area contributed by atoms with Crippen LogP contribution in [-0.4, -0.2) is 0 Å². The van der Waals surface area contributed by atoms with Crippen molar-refractivity contribution in [2.45, 2.75) is 6.92 Å². The van der Waals surface area contributed by atoms with Crippen LogP contribution in [0.4, 0.5) is 15.8 Å². The monoisotopic (exact) mass is 226 g/mol. The summed E-state index contributed by atoms with van der Waals surface area (Å²) in [5.74, 6) is -0.277. The molecule has 0 aliphatic carbocycles. The van der Waals surface area contributed by atoms with Gasteiger partial charge < -0.3 is 5.32 Å². The van der Waals surface area contributed by atoms with E-state index in [0.29, 0.717) is 11.3 Å². The van der Waals surface area contributed by atoms with Crippen molar-refractivity contribution in [1.82, 2.24) is 0 Å². The second kappa shape index (κ2) is 4.67. The summed E-state index contributed by atoms with van der Waals surface area (Å²) >= 11 is 0. The Morgan fingerprint density at radius 3 is 2.53 bits per heavy atom. The number of benzene rings is 2. The molecule has 0 saturated heterocycles. The lowest BCUT2D eigenvalue weighted by Crippen LogP contribution is -1.92. The summed E-state index contributed by atoms with van der Waals surface area (Å²) in [4.78, 5) is 0. The number of hydrogen-bond donors (Lipinski definition) is 1. The zero-order valence-corrected chi connectivity index (χ0v) is 9.37. The van der Waals surface area contributed by atoms with Gasteiger partial charge >= 0.3 is 0 Å². The van der Waals surface area contributed by atoms with Gasteiger partial charge in [-0.3, -0.25) is 0 Å². The molecule has 0 aliphatic heterocycles. The summed E-state index contributed by atoms with van der Waals surface area (Å²) in [5.41, 5.74) is 3.07. The van der Waals surface area contributed by atoms with Gasteiger partial charge in [-0.2, -0.15) is 5.26 Å². The van der Waals surface area contributed by atoms with Crippen molar-refractivity contribution < 1.29 is 4.39 Å². The quantitative estimate of drug-likeness (QED) is 0.846. The number of hydrogen-bond acceptors (Lipinski definition) is 2. The summed E-state index contributed by atoms with van der Waals surface area (Å²) in [6, 6.07) is 13.8. The Bertz CT molecular complexity index is 585. The Labute approximate surface area is 99.3 Å². The van der Waals surface area contributed by atoms with Gasteiger partial charge in [0.25, 0.3) is 0 Å². The molecule has 2 nitrogen and oxygen atoms in total. The average Bonchev–Trinajstić information content (AvgIpc) is 2.29. The van der Waals surface area contributed by atoms with Crippen molar-refractivity contribution in [2.24, 2.45) is 0 Å². The second-order valence-electron chi connectivity index (χ2n) is 3.78. The van der Waals surface area contributed by atoms with Gasteiger partial charge in [0.05, 0.1) is 11.6 Å². The van der Waals surface area contributed by atoms with E-state index in [4.69, 9.17) is 5.26 Å². The minimum Gasteiger partial charge on any atom is -0.355 e. The third-order valence-electron chi connectivity index (χ3n) is 2.46. The van der Waals surface area contributed by atoms with E-state index in [1.807, 2.05) is 13.0 Å². The number of aryl methyl sites for hydroxylation is 1. The molecule has 0 unspecified atom stereocenters. The van der Waals surface area contributed by atoms with E-state index in [1.165, 1.54) is 12.1 Å². The highest BCUT2D eigenvalue weighted by Gasteiger charge is 2.00. The summed E-state index contributed by atoms with van der Waals surface area (Å²) in [7, 11) is 0. The molecule has 84 valence electrons. The molecule has 0 atom stereocenters. The molecular formula is C14H11FN2. The first-order valence-corrected chi connectivity index (χ1v) is 5.22. The molecule has 3 heteroatoms. The van der Waals surface area contributed by atoms with Crippen LogP contribution in [0, 0.1) is 24.1 Å². The summed E-state index contributed by atoms with van der Waals surface area (Å²) in [5, 5.41) is 11.9. The summed E-state index contributed by atoms with van der Waals surface area (Å²) < 4.78 is 13.0. The molecular weight excluding hydrogens is 215 g/mol. The molecule has 17 heavy (non-hydrogen) atoms. The summed E-state index contributed by atoms with van der Waals surface area (Å²) in [6.45, 7) is 1.87. The number of nitrogens with zero attached hydrogens (tertiary/aromatic N) is 1. The first-order chi connectivity index (χ1) is 8.19. The Morgan fingerprint density at radius 2 is 1.88 bits per heavy atom. The molecule has 1 N–H and O–H groups in total. The molecule has 0 aromatic heterocycles. The van der Waals surface area contributed by atoms with Crippen LogP contribution in [0.15, 0.2) is 42.5 Å². The number of nitrogens with one attached hydrogen (secondary N) is 1. The van der Waals surface area contributed by atoms with Crippen LogP contribution >= 0.6 is 0 Å². The van der Waals surface area contributed by atoms with Crippen molar-refractivity contribution in [1.29, 1.82) is 5.26 Å². The number of nitriles is 1. The van der Waals surface area contributed by atoms with Crippen molar-refractivity contribution in [2.75, 3.05) is 5.32 Å². The van der Waals surface area contributed by atoms with Crippen LogP contribution in [0.2, 0.25) is 0 Å². The SMILES string of the molecule is Cc1cc(Nc2cccc(F)c2)ccc1C#N. The van der Waals surface area contributed by atoms with Crippen LogP contribution in [0.1, 0.15) is 11.1 Å². The maximum Gasteiger partial charge on any atom is 0.125 e. The maximum absolute atomic E-state index is 13.0. The molecule has 2 rings (SSSR count). The minimum atomic E-state index is -0.277. The molecule has 2 aromatic rings. The maximum atomic E-state index is 13.0. The van der Waals surface area contributed by atoms with E-state index in [9.17, 15) is 4.39 Å². The van der Waals surface area contributed by atoms with Crippen LogP contribution in [0.3, 0.4) is 0 Å². The van der Waals surface area contributed by atoms with E-state index >= 15 is 0 Å². The van der Waals surface area contributed by atoms with Crippen LogP contribution in [0.25, 0.3) is 0 Å². The van der Waals surface area contributed by atoms with E-state index in [0.717, 1.165) is 11.3 Å². The molecule has 0 spiro atoms. The third kappa shape index (κ3) is 2.61. The van der Waals surface area contributed by atoms with E-state index in [-0.39, 0.29) is 5.82 Å². The lowest BCUT2D eigenvalue weighted by Gasteiger charge is -2.07. The normalized spacial score (nSPS) is 9.71. The fraction of sp³-hybridized carbons (Fsp3) is 0.0714. The highest BCUT2D eigenvalue weighted by molar-refractivity contribution is 5.61. The lowest BCUT2D eigenvalue weighted by atomic mass is 10.1. The van der Waals surface area contributed by atoms with Gasteiger partial charge in [-0.15, -0.1) is 0 Å². The fourth-order valence-electron chi connectivity index (χ4n) is 1.60. The van der Waals surface area contributed by atoms with Gasteiger partial charge in [0.2, 0.25) is 0 Å². The summed E-state index contributed by atoms with van der Waals surface area (Å²) in [6.07, 6.45) is 0. The Balaban J connectivity index is 2.25. The average molecular weight is 226 g/mol. The molecule has 0 fully saturated rings. The molecule has 0 saturated carbocycles. The molecule has 0 radical (unpaired) electrons. The van der Waals surface area contributed by atoms with Crippen molar-refractivity contribution in [3.05, 3.63) is 59.4 Å². The van der Waals surface area contributed by atoms with E-state index in [2.05, 4.69) is 11.4 Å². The Hall–Kier alpha value is -2.34. The molecule has 0 aliphatic rings. The number of anilines is 2. The van der Waals surface area contributed by atoms with Crippen LogP contribution < -0.4 is 5.32 Å². The van der Waals surface area contributed by atoms with Gasteiger partial charge in [-0.1, -0.05) is 6.07 Å². The number of rotatable bonds is 2. The number of halogens is 1. The minimum absolute atomic E-state index is 0.277. The lowest BCUT2D eigenvalue weighted by molar-refractivity contribution is 0.628. The second-order valence-corrected chi connectivity index (χ2v) is 3.78. The highest BCUT2D eigenvalue weighted by Crippen LogP contribution is 2.20. The Kier molecular flexibility index (Phi) is 3.06. The van der Waals surface area contributed by atoms with Gasteiger partial charge in [0.1, 0.15) is 5.82 Å². The predicted octanol–water partition coefficient (Wildman–Crippen LogP) is 3.75. The van der Waals surface area contributed by atoms with Gasteiger partial charge in [0, 0.05) is 11.4 Å². The predicted molar refractivity (Wildman–Crippen MR) is 65.6 cm³/mol. The van der Waals surface area contributed by atoms with Gasteiger partial charge in [-0.25, -0.2) is 4.39 Å². The van der Waals surface area contributed by atoms with Crippen LogP contribution in [0.5, 0.6) is 0 Å². The molecule has 0 bridgehead atoms. The molecule has 0 amide bonds. The first-order valence-electron chi connectivity index (χ1n) is 5.22. The van der Waals surface area contributed by atoms with Crippen molar-refractivity contribution >= 4 is 11.4 Å². The van der Waals surface area contributed by atoms with Gasteiger partial charge in [-0.05, 0) is 48.9 Å². The zero-order chi connectivity index (χ0) is 12.3. The van der Waals surface area contributed by atoms with E-state index < -0.39 is 0 Å². The standard InChI is InChI=1S/C14H11FN2/c1-10-7-14(6-5-11(10)9-16)17-13-4-2-3-12(15)8-13/h2-8,17H,1H3. The highest BCUT2D eigenvalue weighted by atomic mass is 19.1. The van der Waals surface area contributed by atoms with Crippen LogP contribution in [-0.2, 0) is 0 Å². The molecule has 0 heterocycles. The first kappa shape index (κ1) is 11.2. The fourth-order valence-corrected chi connectivity index (χ4v) is 1.60. The van der Waals surface area contributed by atoms with Crippen molar-refractivity contribution in [3.63, 3.8) is 0 Å². The third-order valence-corrected chi connectivity index (χ3v) is 2.46. The molecule has 2 aromatic carbocycles. The van der Waals surface area contributed by atoms with Crippen molar-refractivity contribution in [3.8, 4) is 6.07 Å². The largest absolute Gasteiger partial charge is 0.355 e. The topological polar surface area (TPSA) is 35.8 Å². The van der Waals surface area contributed by atoms with E-state index in [1.54, 1.807) is 24.3 Å². The van der Waals surface area contributed by atoms with Gasteiger partial charge in [0.15, 0.2) is 0 Å². The smallest absolute Gasteiger partial charge is 0.125 e. The zero-order valence-electron chi connectivity index (χ0n) is 9.37.